The van der Waals surface area contributed by atoms with Crippen LogP contribution in [0.5, 0.6) is 0 Å². The van der Waals surface area contributed by atoms with E-state index >= 15 is 0 Å². The molecule has 0 aliphatic heterocycles. The Morgan fingerprint density at radius 3 is 2.71 bits per heavy atom. The van der Waals surface area contributed by atoms with Gasteiger partial charge in [-0.3, -0.25) is 0 Å². The third-order valence-corrected chi connectivity index (χ3v) is 4.38. The zero-order valence-corrected chi connectivity index (χ0v) is 14.0. The molecule has 0 unspecified atom stereocenters. The van der Waals surface area contributed by atoms with Crippen molar-refractivity contribution >= 4 is 27.4 Å². The second-order valence-corrected chi connectivity index (χ2v) is 6.13. The van der Waals surface area contributed by atoms with Crippen molar-refractivity contribution in [1.29, 1.82) is 0 Å². The number of aryl methyl sites for hydroxylation is 2. The standard InChI is InChI=1S/C15H23N3O2S/c1-5-6-16-14-13-10(2)11(3)21-15(13)18-12(17-14)9-20-8-7-19-4/h5-9H2,1-4H3,(H,16,17,18). The van der Waals surface area contributed by atoms with Gasteiger partial charge in [0.05, 0.1) is 18.6 Å². The maximum absolute atomic E-state index is 5.53. The quantitative estimate of drug-likeness (QED) is 0.758. The van der Waals surface area contributed by atoms with E-state index in [9.17, 15) is 0 Å². The lowest BCUT2D eigenvalue weighted by molar-refractivity contribution is 0.0588. The normalized spacial score (nSPS) is 11.2. The molecule has 0 spiro atoms. The van der Waals surface area contributed by atoms with Gasteiger partial charge in [-0.25, -0.2) is 9.97 Å². The van der Waals surface area contributed by atoms with E-state index in [1.807, 2.05) is 0 Å². The molecule has 0 aromatic carbocycles. The van der Waals surface area contributed by atoms with Gasteiger partial charge in [-0.15, -0.1) is 11.3 Å². The van der Waals surface area contributed by atoms with Crippen LogP contribution in [0.1, 0.15) is 29.6 Å². The van der Waals surface area contributed by atoms with Gasteiger partial charge in [-0.1, -0.05) is 6.92 Å². The van der Waals surface area contributed by atoms with Gasteiger partial charge in [-0.2, -0.15) is 0 Å². The van der Waals surface area contributed by atoms with Gasteiger partial charge < -0.3 is 14.8 Å². The molecular weight excluding hydrogens is 286 g/mol. The molecule has 0 fully saturated rings. The summed E-state index contributed by atoms with van der Waals surface area (Å²) in [5.41, 5.74) is 1.26. The zero-order valence-electron chi connectivity index (χ0n) is 13.2. The van der Waals surface area contributed by atoms with Crippen molar-refractivity contribution in [3.63, 3.8) is 0 Å². The van der Waals surface area contributed by atoms with Crippen molar-refractivity contribution in [3.05, 3.63) is 16.3 Å². The maximum atomic E-state index is 5.53. The number of methoxy groups -OCH3 is 1. The van der Waals surface area contributed by atoms with E-state index in [4.69, 9.17) is 9.47 Å². The summed E-state index contributed by atoms with van der Waals surface area (Å²) in [7, 11) is 1.66. The molecule has 0 saturated heterocycles. The summed E-state index contributed by atoms with van der Waals surface area (Å²) in [6.45, 7) is 8.86. The number of nitrogens with one attached hydrogen (secondary N) is 1. The largest absolute Gasteiger partial charge is 0.382 e. The minimum absolute atomic E-state index is 0.413. The van der Waals surface area contributed by atoms with Crippen LogP contribution in [-0.2, 0) is 16.1 Å². The second kappa shape index (κ2) is 7.68. The fourth-order valence-electron chi connectivity index (χ4n) is 2.04. The number of hydrogen-bond acceptors (Lipinski definition) is 6. The molecule has 2 rings (SSSR count). The van der Waals surface area contributed by atoms with Crippen molar-refractivity contribution < 1.29 is 9.47 Å². The molecule has 0 aliphatic rings. The molecule has 5 nitrogen and oxygen atoms in total. The third-order valence-electron chi connectivity index (χ3n) is 3.28. The van der Waals surface area contributed by atoms with E-state index in [1.165, 1.54) is 10.4 Å². The first-order valence-electron chi connectivity index (χ1n) is 7.24. The summed E-state index contributed by atoms with van der Waals surface area (Å²) in [6, 6.07) is 0. The average Bonchev–Trinajstić information content (AvgIpc) is 2.76. The van der Waals surface area contributed by atoms with Crippen LogP contribution in [0.2, 0.25) is 0 Å². The van der Waals surface area contributed by atoms with Gasteiger partial charge in [0.15, 0.2) is 5.82 Å². The fourth-order valence-corrected chi connectivity index (χ4v) is 3.08. The SMILES string of the molecule is CCCNc1nc(COCCOC)nc2sc(C)c(C)c12. The predicted octanol–water partition coefficient (Wildman–Crippen LogP) is 3.29. The highest BCUT2D eigenvalue weighted by atomic mass is 32.1. The lowest BCUT2D eigenvalue weighted by atomic mass is 10.2. The molecule has 0 saturated carbocycles. The summed E-state index contributed by atoms with van der Waals surface area (Å²) < 4.78 is 10.5. The fraction of sp³-hybridized carbons (Fsp3) is 0.600. The number of hydrogen-bond donors (Lipinski definition) is 1. The molecule has 116 valence electrons. The van der Waals surface area contributed by atoms with Crippen molar-refractivity contribution in [3.8, 4) is 0 Å². The van der Waals surface area contributed by atoms with Crippen LogP contribution in [0.3, 0.4) is 0 Å². The van der Waals surface area contributed by atoms with Gasteiger partial charge in [0, 0.05) is 18.5 Å². The van der Waals surface area contributed by atoms with E-state index in [-0.39, 0.29) is 0 Å². The highest BCUT2D eigenvalue weighted by Gasteiger charge is 2.14. The van der Waals surface area contributed by atoms with E-state index in [0.29, 0.717) is 19.8 Å². The van der Waals surface area contributed by atoms with Gasteiger partial charge in [0.2, 0.25) is 0 Å². The van der Waals surface area contributed by atoms with E-state index in [2.05, 4.69) is 36.1 Å². The first kappa shape index (κ1) is 16.1. The number of rotatable bonds is 8. The Labute approximate surface area is 129 Å². The van der Waals surface area contributed by atoms with Crippen molar-refractivity contribution in [2.24, 2.45) is 0 Å². The lowest BCUT2D eigenvalue weighted by Crippen LogP contribution is -2.08. The first-order valence-corrected chi connectivity index (χ1v) is 8.06. The van der Waals surface area contributed by atoms with E-state index in [1.54, 1.807) is 18.4 Å². The molecule has 0 bridgehead atoms. The smallest absolute Gasteiger partial charge is 0.158 e. The second-order valence-electron chi connectivity index (χ2n) is 4.92. The average molecular weight is 309 g/mol. The summed E-state index contributed by atoms with van der Waals surface area (Å²) in [6.07, 6.45) is 1.06. The van der Waals surface area contributed by atoms with Crippen LogP contribution in [0.15, 0.2) is 0 Å². The number of nitrogens with zero attached hydrogens (tertiary/aromatic N) is 2. The van der Waals surface area contributed by atoms with Crippen molar-refractivity contribution in [2.75, 3.05) is 32.2 Å². The van der Waals surface area contributed by atoms with Crippen LogP contribution in [0, 0.1) is 13.8 Å². The molecule has 6 heteroatoms. The molecule has 1 N–H and O–H groups in total. The molecule has 0 radical (unpaired) electrons. The van der Waals surface area contributed by atoms with Gasteiger partial charge >= 0.3 is 0 Å². The Hall–Kier alpha value is -1.24. The van der Waals surface area contributed by atoms with Crippen molar-refractivity contribution in [2.45, 2.75) is 33.8 Å². The Morgan fingerprint density at radius 1 is 1.19 bits per heavy atom. The summed E-state index contributed by atoms with van der Waals surface area (Å²) >= 11 is 1.71. The summed E-state index contributed by atoms with van der Waals surface area (Å²) in [5.74, 6) is 1.65. The molecule has 2 aromatic rings. The Kier molecular flexibility index (Phi) is 5.90. The van der Waals surface area contributed by atoms with E-state index < -0.39 is 0 Å². The highest BCUT2D eigenvalue weighted by Crippen LogP contribution is 2.33. The molecule has 2 aromatic heterocycles. The minimum Gasteiger partial charge on any atom is -0.382 e. The third kappa shape index (κ3) is 3.90. The monoisotopic (exact) mass is 309 g/mol. The number of thiophene rings is 1. The summed E-state index contributed by atoms with van der Waals surface area (Å²) in [5, 5.41) is 4.55. The molecule has 21 heavy (non-hydrogen) atoms. The Morgan fingerprint density at radius 2 is 2.00 bits per heavy atom. The van der Waals surface area contributed by atoms with Crippen LogP contribution >= 0.6 is 11.3 Å². The molecule has 2 heterocycles. The minimum atomic E-state index is 0.413. The van der Waals surface area contributed by atoms with Gasteiger partial charge in [-0.05, 0) is 25.8 Å². The summed E-state index contributed by atoms with van der Waals surface area (Å²) in [4.78, 5) is 11.6. The van der Waals surface area contributed by atoms with Crippen LogP contribution in [0.25, 0.3) is 10.2 Å². The van der Waals surface area contributed by atoms with Gasteiger partial charge in [0.25, 0.3) is 0 Å². The Bertz CT molecular complexity index is 598. The van der Waals surface area contributed by atoms with E-state index in [0.717, 1.165) is 34.8 Å². The topological polar surface area (TPSA) is 56.3 Å². The highest BCUT2D eigenvalue weighted by molar-refractivity contribution is 7.18. The Balaban J connectivity index is 2.26. The van der Waals surface area contributed by atoms with Crippen LogP contribution in [0.4, 0.5) is 5.82 Å². The predicted molar refractivity (Wildman–Crippen MR) is 87.2 cm³/mol. The van der Waals surface area contributed by atoms with Crippen LogP contribution < -0.4 is 5.32 Å². The molecule has 0 atom stereocenters. The van der Waals surface area contributed by atoms with Crippen LogP contribution in [-0.4, -0.2) is 36.8 Å². The molecule has 0 amide bonds. The lowest BCUT2D eigenvalue weighted by Gasteiger charge is -2.09. The molecular formula is C15H23N3O2S. The maximum Gasteiger partial charge on any atom is 0.158 e. The number of ether oxygens (including phenoxy) is 2. The molecule has 0 aliphatic carbocycles. The first-order chi connectivity index (χ1) is 10.2. The number of anilines is 1. The number of fused-ring (bicyclic) bond motifs is 1. The number of aromatic nitrogens is 2. The zero-order chi connectivity index (χ0) is 15.2. The van der Waals surface area contributed by atoms with Crippen molar-refractivity contribution in [1.82, 2.24) is 9.97 Å². The van der Waals surface area contributed by atoms with Gasteiger partial charge in [0.1, 0.15) is 17.3 Å².